The summed E-state index contributed by atoms with van der Waals surface area (Å²) in [4.78, 5) is 14.3. The lowest BCUT2D eigenvalue weighted by molar-refractivity contribution is -0.129. The molecule has 32 heavy (non-hydrogen) atoms. The van der Waals surface area contributed by atoms with Crippen molar-refractivity contribution in [2.24, 2.45) is 0 Å². The Bertz CT molecular complexity index is 1160. The monoisotopic (exact) mass is 474 g/mol. The molecular weight excluding hydrogens is 452 g/mol. The average Bonchev–Trinajstić information content (AvgIpc) is 3.27. The second kappa shape index (κ2) is 9.67. The van der Waals surface area contributed by atoms with Crippen LogP contribution in [0.5, 0.6) is 5.75 Å². The summed E-state index contributed by atoms with van der Waals surface area (Å²) >= 11 is 1.20. The lowest BCUT2D eigenvalue weighted by Crippen LogP contribution is -2.51. The average molecular weight is 475 g/mol. The molecule has 0 unspecified atom stereocenters. The number of piperazine rings is 1. The van der Waals surface area contributed by atoms with Gasteiger partial charge in [-0.3, -0.25) is 4.79 Å². The molecule has 4 rings (SSSR count). The summed E-state index contributed by atoms with van der Waals surface area (Å²) in [7, 11) is -3.43. The van der Waals surface area contributed by atoms with Gasteiger partial charge in [0.25, 0.3) is 0 Å². The molecule has 0 bridgehead atoms. The zero-order chi connectivity index (χ0) is 22.6. The third-order valence-electron chi connectivity index (χ3n) is 5.04. The summed E-state index contributed by atoms with van der Waals surface area (Å²) in [5.41, 5.74) is 1.41. The molecular formula is C20H22N6O4S2. The number of amides is 1. The van der Waals surface area contributed by atoms with Crippen LogP contribution in [0.15, 0.2) is 59.8 Å². The number of thioether (sulfide) groups is 1. The van der Waals surface area contributed by atoms with Gasteiger partial charge in [-0.05, 0) is 40.3 Å². The Hall–Kier alpha value is -2.96. The van der Waals surface area contributed by atoms with E-state index in [1.165, 1.54) is 32.9 Å². The Balaban J connectivity index is 1.30. The smallest absolute Gasteiger partial charge is 0.233 e. The third-order valence-corrected chi connectivity index (χ3v) is 7.79. The largest absolute Gasteiger partial charge is 0.508 e. The Morgan fingerprint density at radius 2 is 1.69 bits per heavy atom. The van der Waals surface area contributed by atoms with Gasteiger partial charge in [-0.15, -0.1) is 5.10 Å². The van der Waals surface area contributed by atoms with Gasteiger partial charge in [0.1, 0.15) is 5.75 Å². The Morgan fingerprint density at radius 3 is 2.38 bits per heavy atom. The van der Waals surface area contributed by atoms with E-state index in [0.29, 0.717) is 23.9 Å². The summed E-state index contributed by atoms with van der Waals surface area (Å²) in [6.45, 7) is 1.24. The van der Waals surface area contributed by atoms with E-state index in [2.05, 4.69) is 15.5 Å². The van der Waals surface area contributed by atoms with Crippen LogP contribution in [0.2, 0.25) is 0 Å². The molecule has 0 saturated carbocycles. The zero-order valence-corrected chi connectivity index (χ0v) is 18.7. The van der Waals surface area contributed by atoms with Crippen molar-refractivity contribution in [2.45, 2.75) is 10.9 Å². The van der Waals surface area contributed by atoms with Crippen LogP contribution in [-0.4, -0.2) is 80.8 Å². The van der Waals surface area contributed by atoms with Crippen LogP contribution in [0, 0.1) is 0 Å². The van der Waals surface area contributed by atoms with E-state index in [0.717, 1.165) is 5.56 Å². The van der Waals surface area contributed by atoms with Crippen molar-refractivity contribution in [3.8, 4) is 11.4 Å². The van der Waals surface area contributed by atoms with Crippen LogP contribution in [-0.2, 0) is 20.6 Å². The van der Waals surface area contributed by atoms with Crippen molar-refractivity contribution < 1.29 is 18.3 Å². The van der Waals surface area contributed by atoms with E-state index in [-0.39, 0.29) is 36.3 Å². The molecule has 2 heterocycles. The number of phenolic OH excluding ortho intramolecular Hbond substituents is 1. The highest BCUT2D eigenvalue weighted by Gasteiger charge is 2.29. The molecule has 10 nitrogen and oxygen atoms in total. The lowest BCUT2D eigenvalue weighted by Gasteiger charge is -2.34. The molecule has 1 aromatic heterocycles. The van der Waals surface area contributed by atoms with Crippen LogP contribution in [0.4, 0.5) is 0 Å². The van der Waals surface area contributed by atoms with E-state index in [1.54, 1.807) is 29.2 Å². The van der Waals surface area contributed by atoms with Crippen molar-refractivity contribution >= 4 is 27.7 Å². The summed E-state index contributed by atoms with van der Waals surface area (Å²) in [6, 6.07) is 15.5. The van der Waals surface area contributed by atoms with Crippen LogP contribution in [0.3, 0.4) is 0 Å². The molecule has 1 N–H and O–H groups in total. The minimum absolute atomic E-state index is 0.0441. The highest BCUT2D eigenvalue weighted by molar-refractivity contribution is 7.99. The fourth-order valence-electron chi connectivity index (χ4n) is 3.33. The molecule has 0 aliphatic carbocycles. The predicted molar refractivity (Wildman–Crippen MR) is 119 cm³/mol. The maximum absolute atomic E-state index is 12.7. The maximum Gasteiger partial charge on any atom is 0.233 e. The topological polar surface area (TPSA) is 122 Å². The van der Waals surface area contributed by atoms with E-state index in [4.69, 9.17) is 0 Å². The molecule has 12 heteroatoms. The molecule has 0 spiro atoms. The quantitative estimate of drug-likeness (QED) is 0.506. The Kier molecular flexibility index (Phi) is 6.72. The summed E-state index contributed by atoms with van der Waals surface area (Å²) < 4.78 is 28.3. The van der Waals surface area contributed by atoms with Gasteiger partial charge in [0.05, 0.1) is 17.2 Å². The predicted octanol–water partition coefficient (Wildman–Crippen LogP) is 1.13. The number of tetrazole rings is 1. The highest BCUT2D eigenvalue weighted by atomic mass is 32.2. The fraction of sp³-hybridized carbons (Fsp3) is 0.300. The number of sulfonamides is 1. The Labute approximate surface area is 189 Å². The molecule has 2 aromatic carbocycles. The van der Waals surface area contributed by atoms with Gasteiger partial charge in [0.15, 0.2) is 0 Å². The van der Waals surface area contributed by atoms with Gasteiger partial charge in [0.2, 0.25) is 21.1 Å². The van der Waals surface area contributed by atoms with Gasteiger partial charge < -0.3 is 10.0 Å². The fourth-order valence-corrected chi connectivity index (χ4v) is 5.64. The first-order valence-corrected chi connectivity index (χ1v) is 12.5. The second-order valence-corrected chi connectivity index (χ2v) is 10.1. The number of phenols is 1. The van der Waals surface area contributed by atoms with Gasteiger partial charge in [-0.25, -0.2) is 8.42 Å². The number of nitrogens with zero attached hydrogens (tertiary/aromatic N) is 6. The van der Waals surface area contributed by atoms with Crippen molar-refractivity contribution in [2.75, 3.05) is 31.9 Å². The van der Waals surface area contributed by atoms with Gasteiger partial charge in [-0.1, -0.05) is 42.1 Å². The van der Waals surface area contributed by atoms with Crippen LogP contribution in [0.1, 0.15) is 5.56 Å². The van der Waals surface area contributed by atoms with Gasteiger partial charge in [0, 0.05) is 26.2 Å². The minimum Gasteiger partial charge on any atom is -0.508 e. The Morgan fingerprint density at radius 1 is 1.00 bits per heavy atom. The molecule has 0 atom stereocenters. The minimum atomic E-state index is -3.43. The van der Waals surface area contributed by atoms with Crippen molar-refractivity contribution in [3.63, 3.8) is 0 Å². The van der Waals surface area contributed by atoms with Crippen LogP contribution >= 0.6 is 11.8 Å². The highest BCUT2D eigenvalue weighted by Crippen LogP contribution is 2.21. The molecule has 0 radical (unpaired) electrons. The SMILES string of the molecule is O=C(CSc1nnnn1-c1ccc(O)cc1)N1CCN(S(=O)(=O)Cc2ccccc2)CC1. The summed E-state index contributed by atoms with van der Waals surface area (Å²) in [5.74, 6) is 0.124. The molecule has 1 saturated heterocycles. The number of hydrogen-bond donors (Lipinski definition) is 1. The first kappa shape index (κ1) is 22.2. The first-order valence-electron chi connectivity index (χ1n) is 9.92. The summed E-state index contributed by atoms with van der Waals surface area (Å²) in [5, 5.41) is 21.4. The number of benzene rings is 2. The molecule has 1 amide bonds. The van der Waals surface area contributed by atoms with E-state index in [1.807, 2.05) is 18.2 Å². The maximum atomic E-state index is 12.7. The second-order valence-electron chi connectivity index (χ2n) is 7.20. The summed E-state index contributed by atoms with van der Waals surface area (Å²) in [6.07, 6.45) is 0. The zero-order valence-electron chi connectivity index (χ0n) is 17.1. The number of rotatable bonds is 7. The number of aromatic nitrogens is 4. The van der Waals surface area contributed by atoms with E-state index in [9.17, 15) is 18.3 Å². The van der Waals surface area contributed by atoms with Crippen LogP contribution < -0.4 is 0 Å². The van der Waals surface area contributed by atoms with Crippen molar-refractivity contribution in [1.29, 1.82) is 0 Å². The van der Waals surface area contributed by atoms with Gasteiger partial charge >= 0.3 is 0 Å². The number of carbonyl (C=O) groups excluding carboxylic acids is 1. The van der Waals surface area contributed by atoms with Crippen molar-refractivity contribution in [1.82, 2.24) is 29.4 Å². The molecule has 168 valence electrons. The first-order chi connectivity index (χ1) is 15.4. The number of aromatic hydroxyl groups is 1. The van der Waals surface area contributed by atoms with Crippen molar-refractivity contribution in [3.05, 3.63) is 60.2 Å². The standard InChI is InChI=1S/C20H22N6O4S2/c27-18-8-6-17(7-9-18)26-20(21-22-23-26)31-14-19(28)24-10-12-25(13-11-24)32(29,30)15-16-4-2-1-3-5-16/h1-9,27H,10-15H2. The third kappa shape index (κ3) is 5.26. The van der Waals surface area contributed by atoms with E-state index >= 15 is 0 Å². The normalized spacial score (nSPS) is 15.1. The molecule has 3 aromatic rings. The number of carbonyl (C=O) groups is 1. The number of hydrogen-bond acceptors (Lipinski definition) is 8. The van der Waals surface area contributed by atoms with Crippen LogP contribution in [0.25, 0.3) is 5.69 Å². The molecule has 1 aliphatic rings. The van der Waals surface area contributed by atoms with Gasteiger partial charge in [-0.2, -0.15) is 8.99 Å². The molecule has 1 fully saturated rings. The van der Waals surface area contributed by atoms with E-state index < -0.39 is 10.0 Å². The molecule has 1 aliphatic heterocycles. The lowest BCUT2D eigenvalue weighted by atomic mass is 10.2.